The molecule has 4 nitrogen and oxygen atoms in total. The van der Waals surface area contributed by atoms with Gasteiger partial charge in [-0.3, -0.25) is 4.79 Å². The summed E-state index contributed by atoms with van der Waals surface area (Å²) >= 11 is 0. The Morgan fingerprint density at radius 1 is 1.40 bits per heavy atom. The molecule has 1 atom stereocenters. The van der Waals surface area contributed by atoms with Crippen molar-refractivity contribution in [3.63, 3.8) is 0 Å². The van der Waals surface area contributed by atoms with Gasteiger partial charge >= 0.3 is 0 Å². The highest BCUT2D eigenvalue weighted by atomic mass is 19.3. The quantitative estimate of drug-likeness (QED) is 0.843. The number of aromatic nitrogens is 2. The Morgan fingerprint density at radius 3 is 2.84 bits per heavy atom. The smallest absolute Gasteiger partial charge is 0.283 e. The molecule has 2 aromatic rings. The van der Waals surface area contributed by atoms with E-state index in [1.165, 1.54) is 11.9 Å². The third-order valence-corrected chi connectivity index (χ3v) is 4.62. The summed E-state index contributed by atoms with van der Waals surface area (Å²) in [5.41, 5.74) is 0.803. The number of alkyl halides is 2. The fraction of sp³-hybridized carbons (Fsp3) is 0.444. The summed E-state index contributed by atoms with van der Waals surface area (Å²) in [6, 6.07) is 7.82. The maximum Gasteiger partial charge on any atom is 0.283 e. The number of carbonyl (C=O) groups excluding carboxylic acids is 1. The lowest BCUT2D eigenvalue weighted by Crippen LogP contribution is -2.37. The van der Waals surface area contributed by atoms with Crippen LogP contribution in [0.2, 0.25) is 0 Å². The lowest BCUT2D eigenvalue weighted by atomic mass is 10.0. The van der Waals surface area contributed by atoms with Gasteiger partial charge in [0.25, 0.3) is 12.3 Å². The molecule has 0 spiro atoms. The number of hydrogen-bond acceptors (Lipinski definition) is 2. The van der Waals surface area contributed by atoms with E-state index in [2.05, 4.69) is 5.10 Å². The zero-order chi connectivity index (χ0) is 18.1. The normalized spacial score (nSPS) is 17.5. The lowest BCUT2D eigenvalue weighted by Gasteiger charge is -2.25. The molecule has 0 bridgehead atoms. The van der Waals surface area contributed by atoms with E-state index in [9.17, 15) is 18.0 Å². The molecule has 1 aliphatic heterocycles. The van der Waals surface area contributed by atoms with Crippen LogP contribution in [0.4, 0.5) is 13.2 Å². The van der Waals surface area contributed by atoms with Crippen LogP contribution in [-0.2, 0) is 13.5 Å². The zero-order valence-electron chi connectivity index (χ0n) is 14.2. The minimum absolute atomic E-state index is 0.126. The second kappa shape index (κ2) is 6.90. The number of benzene rings is 1. The minimum Gasteiger partial charge on any atom is -0.335 e. The van der Waals surface area contributed by atoms with Crippen LogP contribution in [0, 0.1) is 12.9 Å². The standard InChI is InChI=1S/C18H20F3N3O/c1-11-5-3-6-12(9-11)10-13-7-4-8-24(13)18(25)14-15(16(19)20)22-23(2)17(14)21/h3,5-6,9,13,16H,4,7-8,10H2,1-2H3. The molecule has 0 radical (unpaired) electrons. The second-order valence-electron chi connectivity index (χ2n) is 6.46. The van der Waals surface area contributed by atoms with Crippen LogP contribution in [0.25, 0.3) is 0 Å². The van der Waals surface area contributed by atoms with Crippen molar-refractivity contribution >= 4 is 5.91 Å². The minimum atomic E-state index is -2.99. The molecule has 1 unspecified atom stereocenters. The van der Waals surface area contributed by atoms with Gasteiger partial charge in [-0.2, -0.15) is 9.49 Å². The maximum atomic E-state index is 14.2. The highest BCUT2D eigenvalue weighted by molar-refractivity contribution is 5.96. The molecule has 3 rings (SSSR count). The van der Waals surface area contributed by atoms with E-state index in [0.29, 0.717) is 17.6 Å². The Balaban J connectivity index is 1.86. The lowest BCUT2D eigenvalue weighted by molar-refractivity contribution is 0.0718. The summed E-state index contributed by atoms with van der Waals surface area (Å²) in [5, 5.41) is 3.47. The predicted molar refractivity (Wildman–Crippen MR) is 87.1 cm³/mol. The van der Waals surface area contributed by atoms with Crippen LogP contribution >= 0.6 is 0 Å². The van der Waals surface area contributed by atoms with Gasteiger partial charge in [0, 0.05) is 19.6 Å². The number of likely N-dealkylation sites (tertiary alicyclic amines) is 1. The summed E-state index contributed by atoms with van der Waals surface area (Å²) < 4.78 is 41.2. The predicted octanol–water partition coefficient (Wildman–Crippen LogP) is 3.65. The number of aryl methyl sites for hydroxylation is 2. The Morgan fingerprint density at radius 2 is 2.16 bits per heavy atom. The van der Waals surface area contributed by atoms with Gasteiger partial charge in [-0.25, -0.2) is 13.5 Å². The van der Waals surface area contributed by atoms with Crippen molar-refractivity contribution in [2.45, 2.75) is 38.7 Å². The summed E-state index contributed by atoms with van der Waals surface area (Å²) in [4.78, 5) is 14.3. The molecule has 0 saturated carbocycles. The van der Waals surface area contributed by atoms with Crippen LogP contribution in [0.1, 0.15) is 46.4 Å². The summed E-state index contributed by atoms with van der Waals surface area (Å²) in [5.74, 6) is -1.71. The van der Waals surface area contributed by atoms with E-state index in [0.717, 1.165) is 24.0 Å². The largest absolute Gasteiger partial charge is 0.335 e. The Kier molecular flexibility index (Phi) is 4.83. The van der Waals surface area contributed by atoms with Crippen molar-refractivity contribution in [1.29, 1.82) is 0 Å². The van der Waals surface area contributed by atoms with Crippen LogP contribution in [-0.4, -0.2) is 33.2 Å². The van der Waals surface area contributed by atoms with Gasteiger partial charge in [-0.05, 0) is 31.7 Å². The van der Waals surface area contributed by atoms with E-state index in [4.69, 9.17) is 0 Å². The molecule has 25 heavy (non-hydrogen) atoms. The number of carbonyl (C=O) groups is 1. The first-order valence-corrected chi connectivity index (χ1v) is 8.25. The molecule has 1 fully saturated rings. The van der Waals surface area contributed by atoms with Crippen molar-refractivity contribution in [2.75, 3.05) is 6.54 Å². The number of halogens is 3. The maximum absolute atomic E-state index is 14.2. The van der Waals surface area contributed by atoms with E-state index < -0.39 is 29.5 Å². The first-order valence-electron chi connectivity index (χ1n) is 8.25. The molecule has 1 aromatic carbocycles. The van der Waals surface area contributed by atoms with Crippen LogP contribution < -0.4 is 0 Å². The molecular formula is C18H20F3N3O. The highest BCUT2D eigenvalue weighted by Crippen LogP contribution is 2.29. The third kappa shape index (κ3) is 3.41. The van der Waals surface area contributed by atoms with Crippen molar-refractivity contribution in [2.24, 2.45) is 7.05 Å². The van der Waals surface area contributed by atoms with Gasteiger partial charge in [-0.1, -0.05) is 29.8 Å². The summed E-state index contributed by atoms with van der Waals surface area (Å²) in [6.45, 7) is 2.42. The van der Waals surface area contributed by atoms with Crippen molar-refractivity contribution in [3.05, 3.63) is 52.6 Å². The molecule has 2 heterocycles. The van der Waals surface area contributed by atoms with Gasteiger partial charge in [0.15, 0.2) is 0 Å². The van der Waals surface area contributed by atoms with Gasteiger partial charge < -0.3 is 4.90 Å². The average Bonchev–Trinajstić information content (AvgIpc) is 3.12. The van der Waals surface area contributed by atoms with E-state index >= 15 is 0 Å². The van der Waals surface area contributed by atoms with Gasteiger partial charge in [-0.15, -0.1) is 0 Å². The van der Waals surface area contributed by atoms with Gasteiger partial charge in [0.1, 0.15) is 11.3 Å². The summed E-state index contributed by atoms with van der Waals surface area (Å²) in [7, 11) is 1.21. The SMILES string of the molecule is Cc1cccc(CC2CCCN2C(=O)c2c(C(F)F)nn(C)c2F)c1. The van der Waals surface area contributed by atoms with Crippen LogP contribution in [0.5, 0.6) is 0 Å². The fourth-order valence-electron chi connectivity index (χ4n) is 3.44. The Bertz CT molecular complexity index is 788. The zero-order valence-corrected chi connectivity index (χ0v) is 14.2. The van der Waals surface area contributed by atoms with Gasteiger partial charge in [0.05, 0.1) is 0 Å². The molecule has 1 aliphatic rings. The molecular weight excluding hydrogens is 331 g/mol. The van der Waals surface area contributed by atoms with E-state index in [-0.39, 0.29) is 6.04 Å². The fourth-order valence-corrected chi connectivity index (χ4v) is 3.44. The highest BCUT2D eigenvalue weighted by Gasteiger charge is 2.36. The Hall–Kier alpha value is -2.31. The molecule has 1 amide bonds. The first-order chi connectivity index (χ1) is 11.9. The second-order valence-corrected chi connectivity index (χ2v) is 6.46. The first kappa shape index (κ1) is 17.5. The van der Waals surface area contributed by atoms with Crippen molar-refractivity contribution in [3.8, 4) is 0 Å². The topological polar surface area (TPSA) is 38.1 Å². The Labute approximate surface area is 144 Å². The van der Waals surface area contributed by atoms with Crippen molar-refractivity contribution in [1.82, 2.24) is 14.7 Å². The monoisotopic (exact) mass is 351 g/mol. The molecule has 1 aromatic heterocycles. The average molecular weight is 351 g/mol. The third-order valence-electron chi connectivity index (χ3n) is 4.62. The molecule has 1 saturated heterocycles. The van der Waals surface area contributed by atoms with Gasteiger partial charge in [0.2, 0.25) is 5.95 Å². The van der Waals surface area contributed by atoms with Crippen LogP contribution in [0.15, 0.2) is 24.3 Å². The number of amides is 1. The van der Waals surface area contributed by atoms with Crippen LogP contribution in [0.3, 0.4) is 0 Å². The molecule has 7 heteroatoms. The molecule has 0 N–H and O–H groups in total. The van der Waals surface area contributed by atoms with E-state index in [1.54, 1.807) is 0 Å². The summed E-state index contributed by atoms with van der Waals surface area (Å²) in [6.07, 6.45) is -0.827. The van der Waals surface area contributed by atoms with Crippen molar-refractivity contribution < 1.29 is 18.0 Å². The number of nitrogens with zero attached hydrogens (tertiary/aromatic N) is 3. The number of rotatable bonds is 4. The molecule has 134 valence electrons. The molecule has 0 aliphatic carbocycles. The van der Waals surface area contributed by atoms with E-state index in [1.807, 2.05) is 31.2 Å². The number of hydrogen-bond donors (Lipinski definition) is 0.